The van der Waals surface area contributed by atoms with Crippen LogP contribution < -0.4 is 5.73 Å². The summed E-state index contributed by atoms with van der Waals surface area (Å²) in [4.78, 5) is 7.26. The van der Waals surface area contributed by atoms with Gasteiger partial charge in [0.25, 0.3) is 0 Å². The molecule has 0 saturated carbocycles. The topological polar surface area (TPSA) is 54.7 Å². The highest BCUT2D eigenvalue weighted by Gasteiger charge is 2.22. The Morgan fingerprint density at radius 2 is 2.07 bits per heavy atom. The highest BCUT2D eigenvalue weighted by Crippen LogP contribution is 2.20. The third-order valence-corrected chi connectivity index (χ3v) is 2.52. The first-order valence-corrected chi connectivity index (χ1v) is 5.01. The molecule has 78 valence electrons. The van der Waals surface area contributed by atoms with E-state index in [1.807, 2.05) is 43.5 Å². The van der Waals surface area contributed by atoms with Crippen molar-refractivity contribution in [3.8, 4) is 0 Å². The van der Waals surface area contributed by atoms with Crippen molar-refractivity contribution in [3.05, 3.63) is 54.1 Å². The van der Waals surface area contributed by atoms with E-state index in [0.717, 1.165) is 11.4 Å². The molecule has 0 spiro atoms. The van der Waals surface area contributed by atoms with E-state index in [2.05, 4.69) is 9.97 Å². The van der Waals surface area contributed by atoms with Crippen molar-refractivity contribution in [3.63, 3.8) is 0 Å². The maximum atomic E-state index is 6.27. The minimum Gasteiger partial charge on any atom is -0.349 e. The lowest BCUT2D eigenvalue weighted by atomic mass is 9.89. The van der Waals surface area contributed by atoms with E-state index in [9.17, 15) is 0 Å². The summed E-state index contributed by atoms with van der Waals surface area (Å²) in [5.74, 6) is 0.920. The molecule has 0 fully saturated rings. The van der Waals surface area contributed by atoms with Gasteiger partial charge in [0.15, 0.2) is 0 Å². The highest BCUT2D eigenvalue weighted by atomic mass is 14.9. The monoisotopic (exact) mass is 201 g/mol. The van der Waals surface area contributed by atoms with Crippen molar-refractivity contribution < 1.29 is 0 Å². The number of aromatic amines is 1. The highest BCUT2D eigenvalue weighted by molar-refractivity contribution is 5.24. The second-order valence-corrected chi connectivity index (χ2v) is 4.00. The zero-order valence-corrected chi connectivity index (χ0v) is 8.77. The molecule has 3 nitrogen and oxygen atoms in total. The maximum Gasteiger partial charge on any atom is 0.108 e. The molecule has 3 heteroatoms. The quantitative estimate of drug-likeness (QED) is 0.796. The van der Waals surface area contributed by atoms with Gasteiger partial charge in [-0.05, 0) is 12.5 Å². The molecular formula is C12H15N3. The molecule has 1 atom stereocenters. The van der Waals surface area contributed by atoms with Gasteiger partial charge in [-0.25, -0.2) is 4.98 Å². The van der Waals surface area contributed by atoms with Crippen LogP contribution in [0.5, 0.6) is 0 Å². The minimum absolute atomic E-state index is 0.376. The predicted octanol–water partition coefficient (Wildman–Crippen LogP) is 1.83. The second kappa shape index (κ2) is 3.87. The van der Waals surface area contributed by atoms with Crippen LogP contribution in [-0.4, -0.2) is 9.97 Å². The zero-order chi connectivity index (χ0) is 10.7. The van der Waals surface area contributed by atoms with Crippen LogP contribution in [-0.2, 0) is 12.0 Å². The lowest BCUT2D eigenvalue weighted by molar-refractivity contribution is 0.480. The summed E-state index contributed by atoms with van der Waals surface area (Å²) in [6, 6.07) is 10.1. The Bertz CT molecular complexity index is 404. The first kappa shape index (κ1) is 9.93. The summed E-state index contributed by atoms with van der Waals surface area (Å²) < 4.78 is 0. The van der Waals surface area contributed by atoms with Crippen LogP contribution in [0, 0.1) is 0 Å². The Hall–Kier alpha value is -1.61. The molecule has 15 heavy (non-hydrogen) atoms. The lowest BCUT2D eigenvalue weighted by Crippen LogP contribution is -2.35. The van der Waals surface area contributed by atoms with Gasteiger partial charge in [-0.1, -0.05) is 30.3 Å². The van der Waals surface area contributed by atoms with Crippen LogP contribution in [0.1, 0.15) is 18.3 Å². The van der Waals surface area contributed by atoms with Crippen LogP contribution in [0.4, 0.5) is 0 Å². The fourth-order valence-electron chi connectivity index (χ4n) is 1.66. The van der Waals surface area contributed by atoms with Gasteiger partial charge in [0.05, 0.1) is 0 Å². The first-order chi connectivity index (χ1) is 7.18. The number of nitrogens with zero attached hydrogens (tertiary/aromatic N) is 1. The standard InChI is InChI=1S/C12H15N3/c1-12(13,9-11-14-7-8-15-11)10-5-3-2-4-6-10/h2-8H,9,13H2,1H3,(H,14,15). The maximum absolute atomic E-state index is 6.27. The van der Waals surface area contributed by atoms with Gasteiger partial charge in [0, 0.05) is 24.4 Å². The van der Waals surface area contributed by atoms with Crippen molar-refractivity contribution in [1.29, 1.82) is 0 Å². The Morgan fingerprint density at radius 1 is 1.33 bits per heavy atom. The summed E-state index contributed by atoms with van der Waals surface area (Å²) in [5.41, 5.74) is 7.02. The Balaban J connectivity index is 2.20. The van der Waals surface area contributed by atoms with E-state index in [0.29, 0.717) is 6.42 Å². The van der Waals surface area contributed by atoms with E-state index < -0.39 is 0 Å². The van der Waals surface area contributed by atoms with Gasteiger partial charge in [-0.3, -0.25) is 0 Å². The normalized spacial score (nSPS) is 14.8. The predicted molar refractivity (Wildman–Crippen MR) is 60.3 cm³/mol. The third-order valence-electron chi connectivity index (χ3n) is 2.52. The molecule has 0 amide bonds. The molecule has 0 aliphatic heterocycles. The van der Waals surface area contributed by atoms with Crippen LogP contribution in [0.25, 0.3) is 0 Å². The number of H-pyrrole nitrogens is 1. The summed E-state index contributed by atoms with van der Waals surface area (Å²) >= 11 is 0. The molecule has 2 aromatic rings. The lowest BCUT2D eigenvalue weighted by Gasteiger charge is -2.24. The van der Waals surface area contributed by atoms with Gasteiger partial charge in [0.2, 0.25) is 0 Å². The zero-order valence-electron chi connectivity index (χ0n) is 8.77. The number of aromatic nitrogens is 2. The van der Waals surface area contributed by atoms with E-state index >= 15 is 0 Å². The summed E-state index contributed by atoms with van der Waals surface area (Å²) in [7, 11) is 0. The number of benzene rings is 1. The molecule has 1 aromatic carbocycles. The largest absolute Gasteiger partial charge is 0.349 e. The van der Waals surface area contributed by atoms with Gasteiger partial charge in [-0.2, -0.15) is 0 Å². The van der Waals surface area contributed by atoms with Gasteiger partial charge in [-0.15, -0.1) is 0 Å². The average Bonchev–Trinajstić information content (AvgIpc) is 2.71. The van der Waals surface area contributed by atoms with E-state index in [4.69, 9.17) is 5.73 Å². The Morgan fingerprint density at radius 3 is 2.67 bits per heavy atom. The number of imidazole rings is 1. The molecule has 3 N–H and O–H groups in total. The van der Waals surface area contributed by atoms with Crippen molar-refractivity contribution in [2.24, 2.45) is 5.73 Å². The third kappa shape index (κ3) is 2.25. The number of nitrogens with two attached hydrogens (primary N) is 1. The summed E-state index contributed by atoms with van der Waals surface area (Å²) in [6.45, 7) is 2.02. The van der Waals surface area contributed by atoms with Crippen LogP contribution >= 0.6 is 0 Å². The number of nitrogens with one attached hydrogen (secondary N) is 1. The summed E-state index contributed by atoms with van der Waals surface area (Å²) in [6.07, 6.45) is 4.27. The second-order valence-electron chi connectivity index (χ2n) is 4.00. The van der Waals surface area contributed by atoms with Gasteiger partial charge >= 0.3 is 0 Å². The van der Waals surface area contributed by atoms with Crippen molar-refractivity contribution in [2.45, 2.75) is 18.9 Å². The van der Waals surface area contributed by atoms with E-state index in [1.54, 1.807) is 6.20 Å². The Kier molecular flexibility index (Phi) is 2.56. The molecule has 1 heterocycles. The first-order valence-electron chi connectivity index (χ1n) is 5.01. The minimum atomic E-state index is -0.376. The van der Waals surface area contributed by atoms with Crippen molar-refractivity contribution in [1.82, 2.24) is 9.97 Å². The number of hydrogen-bond acceptors (Lipinski definition) is 2. The molecule has 0 aliphatic carbocycles. The van der Waals surface area contributed by atoms with E-state index in [-0.39, 0.29) is 5.54 Å². The fourth-order valence-corrected chi connectivity index (χ4v) is 1.66. The molecule has 1 aromatic heterocycles. The van der Waals surface area contributed by atoms with E-state index in [1.165, 1.54) is 0 Å². The van der Waals surface area contributed by atoms with Gasteiger partial charge in [0.1, 0.15) is 5.82 Å². The SMILES string of the molecule is CC(N)(Cc1ncc[nH]1)c1ccccc1. The molecule has 2 rings (SSSR count). The van der Waals surface area contributed by atoms with Crippen LogP contribution in [0.3, 0.4) is 0 Å². The van der Waals surface area contributed by atoms with Crippen LogP contribution in [0.15, 0.2) is 42.7 Å². The molecule has 0 radical (unpaired) electrons. The molecule has 1 unspecified atom stereocenters. The summed E-state index contributed by atoms with van der Waals surface area (Å²) in [5, 5.41) is 0. The Labute approximate surface area is 89.4 Å². The van der Waals surface area contributed by atoms with Gasteiger partial charge < -0.3 is 10.7 Å². The average molecular weight is 201 g/mol. The van der Waals surface area contributed by atoms with Crippen molar-refractivity contribution in [2.75, 3.05) is 0 Å². The van der Waals surface area contributed by atoms with Crippen molar-refractivity contribution >= 4 is 0 Å². The smallest absolute Gasteiger partial charge is 0.108 e. The molecule has 0 bridgehead atoms. The van der Waals surface area contributed by atoms with Crippen LogP contribution in [0.2, 0.25) is 0 Å². The molecule has 0 aliphatic rings. The number of hydrogen-bond donors (Lipinski definition) is 2. The molecular weight excluding hydrogens is 186 g/mol. The fraction of sp³-hybridized carbons (Fsp3) is 0.250. The molecule has 0 saturated heterocycles. The number of rotatable bonds is 3.